The normalized spacial score (nSPS) is 14.7. The molecule has 2 aromatic carbocycles. The molecule has 36 heavy (non-hydrogen) atoms. The Balaban J connectivity index is 1.79. The second-order valence-corrected chi connectivity index (χ2v) is 8.85. The van der Waals surface area contributed by atoms with E-state index in [-0.39, 0.29) is 47.8 Å². The number of benzene rings is 2. The van der Waals surface area contributed by atoms with E-state index in [0.29, 0.717) is 28.3 Å². The van der Waals surface area contributed by atoms with Gasteiger partial charge in [0.05, 0.1) is 17.7 Å². The van der Waals surface area contributed by atoms with Gasteiger partial charge in [-0.15, -0.1) is 0 Å². The summed E-state index contributed by atoms with van der Waals surface area (Å²) in [5, 5.41) is 0.474. The molecule has 12 heteroatoms. The van der Waals surface area contributed by atoms with Gasteiger partial charge >= 0.3 is 12.4 Å². The molecule has 1 aliphatic rings. The molecular formula is C24H16Cl2F6N2O2. The fourth-order valence-electron chi connectivity index (χ4n) is 3.83. The highest BCUT2D eigenvalue weighted by atomic mass is 35.5. The van der Waals surface area contributed by atoms with E-state index < -0.39 is 35.9 Å². The predicted octanol–water partition coefficient (Wildman–Crippen LogP) is 7.52. The molecule has 1 aromatic heterocycles. The first kappa shape index (κ1) is 26.1. The van der Waals surface area contributed by atoms with Gasteiger partial charge in [0, 0.05) is 23.7 Å². The monoisotopic (exact) mass is 548 g/mol. The second kappa shape index (κ2) is 9.82. The first-order valence-corrected chi connectivity index (χ1v) is 11.3. The van der Waals surface area contributed by atoms with E-state index in [2.05, 4.69) is 4.98 Å². The number of halogens is 8. The number of fused-ring (bicyclic) bond motifs is 1. The molecule has 0 aliphatic carbocycles. The Labute approximate surface area is 211 Å². The number of alkyl halides is 6. The minimum atomic E-state index is -5.00. The zero-order valence-corrected chi connectivity index (χ0v) is 19.7. The number of carbonyl (C=O) groups excluding carboxylic acids is 1. The highest BCUT2D eigenvalue weighted by molar-refractivity contribution is 6.31. The summed E-state index contributed by atoms with van der Waals surface area (Å²) in [5.41, 5.74) is -2.36. The Hall–Kier alpha value is -2.98. The van der Waals surface area contributed by atoms with Gasteiger partial charge in [0.1, 0.15) is 10.7 Å². The van der Waals surface area contributed by atoms with Crippen molar-refractivity contribution in [3.8, 4) is 17.0 Å². The van der Waals surface area contributed by atoms with Crippen LogP contribution in [0.15, 0.2) is 48.5 Å². The average molecular weight is 549 g/mol. The van der Waals surface area contributed by atoms with Crippen LogP contribution in [0.25, 0.3) is 11.1 Å². The third-order valence-corrected chi connectivity index (χ3v) is 5.89. The number of aromatic nitrogens is 1. The van der Waals surface area contributed by atoms with E-state index in [1.807, 2.05) is 0 Å². The molecule has 4 rings (SSSR count). The van der Waals surface area contributed by atoms with E-state index >= 15 is 0 Å². The number of carbonyl (C=O) groups is 1. The average Bonchev–Trinajstić information content (AvgIpc) is 2.78. The van der Waals surface area contributed by atoms with Crippen molar-refractivity contribution in [2.45, 2.75) is 25.3 Å². The Morgan fingerprint density at radius 2 is 1.53 bits per heavy atom. The van der Waals surface area contributed by atoms with Crippen molar-refractivity contribution in [1.29, 1.82) is 0 Å². The van der Waals surface area contributed by atoms with Crippen molar-refractivity contribution >= 4 is 29.1 Å². The van der Waals surface area contributed by atoms with Gasteiger partial charge in [0.25, 0.3) is 5.91 Å². The second-order valence-electron chi connectivity index (χ2n) is 8.02. The summed E-state index contributed by atoms with van der Waals surface area (Å²) in [5.74, 6) is -0.757. The van der Waals surface area contributed by atoms with Crippen molar-refractivity contribution < 1.29 is 35.9 Å². The number of nitrogens with zero attached hydrogens (tertiary/aromatic N) is 2. The molecule has 0 radical (unpaired) electrons. The van der Waals surface area contributed by atoms with Crippen LogP contribution in [0.3, 0.4) is 0 Å². The molecule has 0 atom stereocenters. The fourth-order valence-corrected chi connectivity index (χ4v) is 4.14. The summed E-state index contributed by atoms with van der Waals surface area (Å²) >= 11 is 12.1. The molecule has 0 saturated carbocycles. The van der Waals surface area contributed by atoms with Crippen LogP contribution in [0.5, 0.6) is 5.88 Å². The lowest BCUT2D eigenvalue weighted by molar-refractivity contribution is -0.143. The molecule has 0 saturated heterocycles. The summed E-state index contributed by atoms with van der Waals surface area (Å²) in [6.45, 7) is -0.368. The van der Waals surface area contributed by atoms with Gasteiger partial charge in [-0.3, -0.25) is 4.79 Å². The van der Waals surface area contributed by atoms with Crippen LogP contribution in [-0.2, 0) is 18.9 Å². The van der Waals surface area contributed by atoms with E-state index in [1.54, 1.807) is 24.3 Å². The number of pyridine rings is 1. The molecule has 2 heterocycles. The molecule has 0 N–H and O–H groups in total. The summed E-state index contributed by atoms with van der Waals surface area (Å²) in [7, 11) is 0. The van der Waals surface area contributed by atoms with Gasteiger partial charge in [-0.1, -0.05) is 35.3 Å². The summed E-state index contributed by atoms with van der Waals surface area (Å²) in [6.07, 6.45) is -9.74. The van der Waals surface area contributed by atoms with Crippen LogP contribution in [0.4, 0.5) is 26.3 Å². The van der Waals surface area contributed by atoms with Crippen molar-refractivity contribution in [1.82, 2.24) is 9.88 Å². The van der Waals surface area contributed by atoms with Crippen molar-refractivity contribution in [3.05, 3.63) is 81.0 Å². The molecule has 1 amide bonds. The van der Waals surface area contributed by atoms with Crippen LogP contribution >= 0.6 is 23.2 Å². The lowest BCUT2D eigenvalue weighted by Gasteiger charge is -2.28. The molecule has 0 spiro atoms. The largest absolute Gasteiger partial charge is 0.477 e. The van der Waals surface area contributed by atoms with E-state index in [0.717, 1.165) is 0 Å². The van der Waals surface area contributed by atoms with Gasteiger partial charge in [-0.05, 0) is 53.9 Å². The van der Waals surface area contributed by atoms with Crippen LogP contribution < -0.4 is 4.74 Å². The summed E-state index contributed by atoms with van der Waals surface area (Å²) in [6, 6.07) is 9.14. The maximum absolute atomic E-state index is 13.6. The number of hydrogen-bond acceptors (Lipinski definition) is 3. The molecule has 1 aliphatic heterocycles. The van der Waals surface area contributed by atoms with E-state index in [9.17, 15) is 31.1 Å². The predicted molar refractivity (Wildman–Crippen MR) is 121 cm³/mol. The molecule has 0 unspecified atom stereocenters. The third-order valence-electron chi connectivity index (χ3n) is 5.44. The topological polar surface area (TPSA) is 42.4 Å². The Bertz CT molecular complexity index is 1260. The Morgan fingerprint density at radius 3 is 2.11 bits per heavy atom. The van der Waals surface area contributed by atoms with Gasteiger partial charge < -0.3 is 9.64 Å². The standard InChI is InChI=1S/C24H16Cl2F6N2O2/c25-17-4-2-14(3-5-17)18-11-19(26)33-21-20(18)22(35)34(6-1-7-36-21)12-13-8-15(23(27,28)29)10-16(9-13)24(30,31)32/h2-5,8-11H,1,6-7,12H2. The SMILES string of the molecule is O=C1c2c(-c3ccc(Cl)cc3)cc(Cl)nc2OCCCN1Cc1cc(C(F)(F)F)cc(C(F)(F)F)c1. The van der Waals surface area contributed by atoms with Gasteiger partial charge in [0.15, 0.2) is 0 Å². The Morgan fingerprint density at radius 1 is 0.917 bits per heavy atom. The van der Waals surface area contributed by atoms with Crippen molar-refractivity contribution in [2.24, 2.45) is 0 Å². The highest BCUT2D eigenvalue weighted by Crippen LogP contribution is 2.38. The maximum atomic E-state index is 13.6. The number of ether oxygens (including phenoxy) is 1. The summed E-state index contributed by atoms with van der Waals surface area (Å²) in [4.78, 5) is 18.9. The lowest BCUT2D eigenvalue weighted by atomic mass is 9.99. The van der Waals surface area contributed by atoms with E-state index in [1.165, 1.54) is 11.0 Å². The molecule has 0 fully saturated rings. The van der Waals surface area contributed by atoms with Gasteiger partial charge in [-0.25, -0.2) is 4.98 Å². The quantitative estimate of drug-likeness (QED) is 0.251. The molecule has 4 nitrogen and oxygen atoms in total. The third kappa shape index (κ3) is 5.70. The van der Waals surface area contributed by atoms with Gasteiger partial charge in [0.2, 0.25) is 5.88 Å². The maximum Gasteiger partial charge on any atom is 0.416 e. The highest BCUT2D eigenvalue weighted by Gasteiger charge is 2.37. The van der Waals surface area contributed by atoms with Crippen molar-refractivity contribution in [2.75, 3.05) is 13.2 Å². The van der Waals surface area contributed by atoms with Gasteiger partial charge in [-0.2, -0.15) is 26.3 Å². The first-order chi connectivity index (χ1) is 16.8. The minimum absolute atomic E-state index is 0.00977. The van der Waals surface area contributed by atoms with Crippen LogP contribution in [0.2, 0.25) is 10.2 Å². The minimum Gasteiger partial charge on any atom is -0.477 e. The van der Waals surface area contributed by atoms with Crippen LogP contribution in [0.1, 0.15) is 33.5 Å². The van der Waals surface area contributed by atoms with Crippen LogP contribution in [0, 0.1) is 0 Å². The fraction of sp³-hybridized carbons (Fsp3) is 0.250. The molecule has 190 valence electrons. The van der Waals surface area contributed by atoms with E-state index in [4.69, 9.17) is 27.9 Å². The zero-order chi connectivity index (χ0) is 26.3. The lowest BCUT2D eigenvalue weighted by Crippen LogP contribution is -2.35. The Kier molecular flexibility index (Phi) is 7.12. The summed E-state index contributed by atoms with van der Waals surface area (Å²) < 4.78 is 85.5. The molecule has 0 bridgehead atoms. The number of rotatable bonds is 3. The number of hydrogen-bond donors (Lipinski definition) is 0. The zero-order valence-electron chi connectivity index (χ0n) is 18.2. The van der Waals surface area contributed by atoms with Crippen LogP contribution in [-0.4, -0.2) is 28.9 Å². The first-order valence-electron chi connectivity index (χ1n) is 10.5. The smallest absolute Gasteiger partial charge is 0.416 e. The number of amides is 1. The molecule has 3 aromatic rings. The molecular weight excluding hydrogens is 533 g/mol. The van der Waals surface area contributed by atoms with Crippen molar-refractivity contribution in [3.63, 3.8) is 0 Å².